The molecule has 90 valence electrons. The van der Waals surface area contributed by atoms with Gasteiger partial charge in [-0.2, -0.15) is 0 Å². The third-order valence-electron chi connectivity index (χ3n) is 2.30. The third kappa shape index (κ3) is 4.57. The summed E-state index contributed by atoms with van der Waals surface area (Å²) in [5, 5.41) is 3.35. The van der Waals surface area contributed by atoms with Gasteiger partial charge in [-0.15, -0.1) is 0 Å². The predicted molar refractivity (Wildman–Crippen MR) is 67.6 cm³/mol. The van der Waals surface area contributed by atoms with Crippen molar-refractivity contribution in [1.82, 2.24) is 14.9 Å². The fourth-order valence-electron chi connectivity index (χ4n) is 1.79. The second kappa shape index (κ2) is 5.25. The first-order chi connectivity index (χ1) is 7.39. The van der Waals surface area contributed by atoms with Gasteiger partial charge >= 0.3 is 0 Å². The van der Waals surface area contributed by atoms with Crippen LogP contribution in [0, 0.1) is 12.3 Å². The van der Waals surface area contributed by atoms with E-state index in [4.69, 9.17) is 0 Å². The number of nitrogens with zero attached hydrogens (tertiary/aromatic N) is 3. The highest BCUT2D eigenvalue weighted by Gasteiger charge is 2.18. The minimum Gasteiger partial charge on any atom is -0.369 e. The minimum absolute atomic E-state index is 0.225. The average Bonchev–Trinajstić information content (AvgIpc) is 2.13. The van der Waals surface area contributed by atoms with E-state index >= 15 is 0 Å². The van der Waals surface area contributed by atoms with Gasteiger partial charge in [0.1, 0.15) is 12.1 Å². The van der Waals surface area contributed by atoms with Crippen LogP contribution in [0.15, 0.2) is 12.4 Å². The van der Waals surface area contributed by atoms with E-state index in [1.54, 1.807) is 6.33 Å². The number of hydrogen-bond donors (Lipinski definition) is 1. The van der Waals surface area contributed by atoms with Crippen LogP contribution in [0.4, 0.5) is 5.82 Å². The van der Waals surface area contributed by atoms with Gasteiger partial charge in [0, 0.05) is 24.8 Å². The summed E-state index contributed by atoms with van der Waals surface area (Å²) < 4.78 is 0. The predicted octanol–water partition coefficient (Wildman–Crippen LogP) is 1.78. The van der Waals surface area contributed by atoms with Crippen molar-refractivity contribution in [2.45, 2.75) is 20.8 Å². The molecule has 0 aliphatic heterocycles. The topological polar surface area (TPSA) is 41.0 Å². The molecule has 4 nitrogen and oxygen atoms in total. The van der Waals surface area contributed by atoms with E-state index in [2.05, 4.69) is 48.1 Å². The van der Waals surface area contributed by atoms with Gasteiger partial charge in [-0.3, -0.25) is 0 Å². The Hall–Kier alpha value is -1.16. The Labute approximate surface area is 98.1 Å². The molecule has 0 radical (unpaired) electrons. The van der Waals surface area contributed by atoms with E-state index in [0.29, 0.717) is 0 Å². The number of nitrogens with one attached hydrogen (secondary N) is 1. The van der Waals surface area contributed by atoms with E-state index in [1.165, 1.54) is 0 Å². The molecule has 1 heterocycles. The Balaban J connectivity index is 2.50. The zero-order valence-corrected chi connectivity index (χ0v) is 10.9. The highest BCUT2D eigenvalue weighted by Crippen LogP contribution is 2.16. The van der Waals surface area contributed by atoms with Crippen LogP contribution in [0.1, 0.15) is 19.5 Å². The summed E-state index contributed by atoms with van der Waals surface area (Å²) in [6, 6.07) is 1.96. The first-order valence-electron chi connectivity index (χ1n) is 5.56. The smallest absolute Gasteiger partial charge is 0.129 e. The van der Waals surface area contributed by atoms with Gasteiger partial charge in [-0.1, -0.05) is 13.8 Å². The molecule has 0 atom stereocenters. The average molecular weight is 222 g/mol. The Kier molecular flexibility index (Phi) is 4.24. The van der Waals surface area contributed by atoms with Crippen LogP contribution in [-0.2, 0) is 0 Å². The lowest BCUT2D eigenvalue weighted by Gasteiger charge is -2.28. The molecular weight excluding hydrogens is 200 g/mol. The molecule has 16 heavy (non-hydrogen) atoms. The first-order valence-corrected chi connectivity index (χ1v) is 5.56. The minimum atomic E-state index is 0.225. The van der Waals surface area contributed by atoms with Crippen LogP contribution < -0.4 is 5.32 Å². The molecule has 0 aliphatic carbocycles. The zero-order valence-electron chi connectivity index (χ0n) is 10.9. The summed E-state index contributed by atoms with van der Waals surface area (Å²) >= 11 is 0. The molecule has 0 saturated carbocycles. The van der Waals surface area contributed by atoms with Crippen LogP contribution in [0.2, 0.25) is 0 Å². The lowest BCUT2D eigenvalue weighted by atomic mass is 9.93. The largest absolute Gasteiger partial charge is 0.369 e. The van der Waals surface area contributed by atoms with Crippen molar-refractivity contribution in [3.05, 3.63) is 18.1 Å². The molecular formula is C12H22N4. The molecule has 0 bridgehead atoms. The number of rotatable bonds is 5. The standard InChI is InChI=1S/C12H22N4/c1-10-6-11(15-9-14-10)13-7-12(2,3)8-16(4)5/h6,9H,7-8H2,1-5H3,(H,13,14,15). The molecule has 1 aromatic rings. The third-order valence-corrected chi connectivity index (χ3v) is 2.30. The molecule has 4 heteroatoms. The Morgan fingerprint density at radius 1 is 1.31 bits per heavy atom. The lowest BCUT2D eigenvalue weighted by molar-refractivity contribution is 0.254. The SMILES string of the molecule is Cc1cc(NCC(C)(C)CN(C)C)ncn1. The monoisotopic (exact) mass is 222 g/mol. The normalized spacial score (nSPS) is 11.9. The van der Waals surface area contributed by atoms with Crippen LogP contribution in [0.5, 0.6) is 0 Å². The summed E-state index contributed by atoms with van der Waals surface area (Å²) in [6.07, 6.45) is 1.59. The molecule has 0 amide bonds. The number of aromatic nitrogens is 2. The van der Waals surface area contributed by atoms with Gasteiger partial charge in [-0.25, -0.2) is 9.97 Å². The maximum atomic E-state index is 4.19. The Morgan fingerprint density at radius 3 is 2.56 bits per heavy atom. The van der Waals surface area contributed by atoms with Gasteiger partial charge in [0.2, 0.25) is 0 Å². The fourth-order valence-corrected chi connectivity index (χ4v) is 1.79. The van der Waals surface area contributed by atoms with Crippen LogP contribution in [0.3, 0.4) is 0 Å². The Morgan fingerprint density at radius 2 is 2.00 bits per heavy atom. The van der Waals surface area contributed by atoms with Gasteiger partial charge in [0.25, 0.3) is 0 Å². The Bertz CT molecular complexity index is 334. The highest BCUT2D eigenvalue weighted by atomic mass is 15.1. The second-order valence-electron chi connectivity index (χ2n) is 5.30. The van der Waals surface area contributed by atoms with Crippen molar-refractivity contribution >= 4 is 5.82 Å². The first kappa shape index (κ1) is 12.9. The van der Waals surface area contributed by atoms with Crippen LogP contribution >= 0.6 is 0 Å². The number of hydrogen-bond acceptors (Lipinski definition) is 4. The molecule has 0 unspecified atom stereocenters. The van der Waals surface area contributed by atoms with Gasteiger partial charge in [0.05, 0.1) is 0 Å². The van der Waals surface area contributed by atoms with Crippen LogP contribution in [-0.4, -0.2) is 42.1 Å². The zero-order chi connectivity index (χ0) is 12.2. The van der Waals surface area contributed by atoms with Crippen molar-refractivity contribution < 1.29 is 0 Å². The molecule has 0 aliphatic rings. The molecule has 1 rings (SSSR count). The number of aryl methyl sites for hydroxylation is 1. The second-order valence-corrected chi connectivity index (χ2v) is 5.30. The molecule has 1 N–H and O–H groups in total. The molecule has 0 fully saturated rings. The molecule has 0 spiro atoms. The van der Waals surface area contributed by atoms with Crippen molar-refractivity contribution in [2.24, 2.45) is 5.41 Å². The van der Waals surface area contributed by atoms with Crippen molar-refractivity contribution in [2.75, 3.05) is 32.5 Å². The van der Waals surface area contributed by atoms with Crippen molar-refractivity contribution in [1.29, 1.82) is 0 Å². The maximum Gasteiger partial charge on any atom is 0.129 e. The lowest BCUT2D eigenvalue weighted by Crippen LogP contribution is -2.34. The maximum absolute atomic E-state index is 4.19. The van der Waals surface area contributed by atoms with Gasteiger partial charge in [0.15, 0.2) is 0 Å². The van der Waals surface area contributed by atoms with E-state index in [0.717, 1.165) is 24.6 Å². The van der Waals surface area contributed by atoms with E-state index in [-0.39, 0.29) is 5.41 Å². The summed E-state index contributed by atoms with van der Waals surface area (Å²) in [4.78, 5) is 10.5. The van der Waals surface area contributed by atoms with Crippen molar-refractivity contribution in [3.63, 3.8) is 0 Å². The fraction of sp³-hybridized carbons (Fsp3) is 0.667. The van der Waals surface area contributed by atoms with Crippen molar-refractivity contribution in [3.8, 4) is 0 Å². The summed E-state index contributed by atoms with van der Waals surface area (Å²) in [5.74, 6) is 0.902. The van der Waals surface area contributed by atoms with Gasteiger partial charge < -0.3 is 10.2 Å². The molecule has 0 aromatic carbocycles. The number of anilines is 1. The quantitative estimate of drug-likeness (QED) is 0.824. The van der Waals surface area contributed by atoms with E-state index in [1.807, 2.05) is 13.0 Å². The van der Waals surface area contributed by atoms with E-state index < -0.39 is 0 Å². The highest BCUT2D eigenvalue weighted by molar-refractivity contribution is 5.34. The summed E-state index contributed by atoms with van der Waals surface area (Å²) in [6.45, 7) is 8.41. The van der Waals surface area contributed by atoms with Crippen LogP contribution in [0.25, 0.3) is 0 Å². The molecule has 1 aromatic heterocycles. The van der Waals surface area contributed by atoms with Gasteiger partial charge in [-0.05, 0) is 26.4 Å². The molecule has 0 saturated heterocycles. The summed E-state index contributed by atoms with van der Waals surface area (Å²) in [5.41, 5.74) is 1.21. The summed E-state index contributed by atoms with van der Waals surface area (Å²) in [7, 11) is 4.19. The van der Waals surface area contributed by atoms with E-state index in [9.17, 15) is 0 Å².